The minimum atomic E-state index is -0.514. The van der Waals surface area contributed by atoms with E-state index in [9.17, 15) is 4.79 Å². The third-order valence-electron chi connectivity index (χ3n) is 2.66. The van der Waals surface area contributed by atoms with Gasteiger partial charge in [-0.3, -0.25) is 0 Å². The van der Waals surface area contributed by atoms with E-state index in [-0.39, 0.29) is 18.2 Å². The molecule has 17 heavy (non-hydrogen) atoms. The second-order valence-corrected chi connectivity index (χ2v) is 5.24. The van der Waals surface area contributed by atoms with E-state index in [1.807, 2.05) is 20.8 Å². The lowest BCUT2D eigenvalue weighted by Gasteiger charge is -2.27. The fraction of sp³-hybridized carbons (Fsp3) is 0.833. The second-order valence-electron chi connectivity index (χ2n) is 5.24. The van der Waals surface area contributed by atoms with E-state index >= 15 is 0 Å². The Morgan fingerprint density at radius 3 is 2.65 bits per heavy atom. The van der Waals surface area contributed by atoms with Crippen LogP contribution in [0.25, 0.3) is 0 Å². The zero-order valence-corrected chi connectivity index (χ0v) is 10.9. The van der Waals surface area contributed by atoms with Gasteiger partial charge in [0.1, 0.15) is 5.60 Å². The van der Waals surface area contributed by atoms with Crippen molar-refractivity contribution in [3.8, 4) is 6.07 Å². The molecule has 1 amide bonds. The van der Waals surface area contributed by atoms with Gasteiger partial charge in [0.25, 0.3) is 0 Å². The van der Waals surface area contributed by atoms with Crippen molar-refractivity contribution in [1.29, 1.82) is 5.26 Å². The van der Waals surface area contributed by atoms with Crippen LogP contribution >= 0.6 is 0 Å². The van der Waals surface area contributed by atoms with Gasteiger partial charge < -0.3 is 14.4 Å². The van der Waals surface area contributed by atoms with E-state index in [1.54, 1.807) is 12.0 Å². The summed E-state index contributed by atoms with van der Waals surface area (Å²) in [6, 6.07) is 2.00. The molecule has 0 aromatic heterocycles. The van der Waals surface area contributed by atoms with Crippen molar-refractivity contribution in [3.63, 3.8) is 0 Å². The zero-order valence-electron chi connectivity index (χ0n) is 10.9. The summed E-state index contributed by atoms with van der Waals surface area (Å²) < 4.78 is 10.6. The van der Waals surface area contributed by atoms with E-state index in [0.717, 1.165) is 0 Å². The molecule has 2 unspecified atom stereocenters. The van der Waals surface area contributed by atoms with Gasteiger partial charge in [0.15, 0.2) is 0 Å². The Labute approximate surface area is 102 Å². The summed E-state index contributed by atoms with van der Waals surface area (Å²) in [5, 5.41) is 8.75. The van der Waals surface area contributed by atoms with E-state index in [0.29, 0.717) is 19.4 Å². The molecule has 1 aliphatic rings. The largest absolute Gasteiger partial charge is 0.444 e. The maximum Gasteiger partial charge on any atom is 0.410 e. The van der Waals surface area contributed by atoms with Gasteiger partial charge in [-0.25, -0.2) is 4.79 Å². The molecule has 0 saturated carbocycles. The van der Waals surface area contributed by atoms with Crippen LogP contribution in [0.15, 0.2) is 0 Å². The van der Waals surface area contributed by atoms with Crippen LogP contribution in [0.1, 0.15) is 33.6 Å². The molecule has 0 aliphatic carbocycles. The number of nitriles is 1. The van der Waals surface area contributed by atoms with Crippen LogP contribution in [0.2, 0.25) is 0 Å². The standard InChI is InChI=1S/C12H20N2O3/c1-12(2,3)17-11(15)14-8-10(16-4)7-9(14)5-6-13/h9-10H,5,7-8H2,1-4H3. The van der Waals surface area contributed by atoms with E-state index in [4.69, 9.17) is 14.7 Å². The third-order valence-corrected chi connectivity index (χ3v) is 2.66. The number of carbonyl (C=O) groups excluding carboxylic acids is 1. The van der Waals surface area contributed by atoms with Crippen LogP contribution in [0, 0.1) is 11.3 Å². The summed E-state index contributed by atoms with van der Waals surface area (Å²) >= 11 is 0. The Balaban J connectivity index is 2.67. The minimum absolute atomic E-state index is 0.000804. The summed E-state index contributed by atoms with van der Waals surface area (Å²) in [5.41, 5.74) is -0.514. The Bertz CT molecular complexity index is 317. The van der Waals surface area contributed by atoms with Crippen LogP contribution in [0.4, 0.5) is 4.79 Å². The SMILES string of the molecule is COC1CC(CC#N)N(C(=O)OC(C)(C)C)C1. The fourth-order valence-electron chi connectivity index (χ4n) is 1.89. The summed E-state index contributed by atoms with van der Waals surface area (Å²) in [4.78, 5) is 13.5. The van der Waals surface area contributed by atoms with Gasteiger partial charge in [-0.2, -0.15) is 5.26 Å². The number of methoxy groups -OCH3 is 1. The first-order valence-electron chi connectivity index (χ1n) is 5.76. The van der Waals surface area contributed by atoms with Gasteiger partial charge in [-0.1, -0.05) is 0 Å². The number of ether oxygens (including phenoxy) is 2. The second kappa shape index (κ2) is 5.37. The quantitative estimate of drug-likeness (QED) is 0.739. The molecule has 5 nitrogen and oxygen atoms in total. The maximum atomic E-state index is 11.9. The summed E-state index contributed by atoms with van der Waals surface area (Å²) in [6.45, 7) is 5.98. The number of hydrogen-bond acceptors (Lipinski definition) is 4. The third kappa shape index (κ3) is 3.90. The van der Waals surface area contributed by atoms with Crippen molar-refractivity contribution in [3.05, 3.63) is 0 Å². The monoisotopic (exact) mass is 240 g/mol. The zero-order chi connectivity index (χ0) is 13.1. The fourth-order valence-corrected chi connectivity index (χ4v) is 1.89. The molecule has 2 atom stereocenters. The molecular formula is C12H20N2O3. The highest BCUT2D eigenvalue weighted by molar-refractivity contribution is 5.69. The highest BCUT2D eigenvalue weighted by Gasteiger charge is 2.37. The number of likely N-dealkylation sites (tertiary alicyclic amines) is 1. The van der Waals surface area contributed by atoms with Crippen molar-refractivity contribution in [2.24, 2.45) is 0 Å². The molecule has 1 saturated heterocycles. The minimum Gasteiger partial charge on any atom is -0.444 e. The van der Waals surface area contributed by atoms with Crippen LogP contribution in [-0.4, -0.2) is 42.4 Å². The van der Waals surface area contributed by atoms with Crippen molar-refractivity contribution < 1.29 is 14.3 Å². The Kier molecular flexibility index (Phi) is 4.35. The Morgan fingerprint density at radius 2 is 2.18 bits per heavy atom. The Hall–Kier alpha value is -1.28. The lowest BCUT2D eigenvalue weighted by atomic mass is 10.1. The molecule has 0 bridgehead atoms. The predicted molar refractivity (Wildman–Crippen MR) is 62.4 cm³/mol. The smallest absolute Gasteiger partial charge is 0.410 e. The molecule has 1 fully saturated rings. The topological polar surface area (TPSA) is 62.6 Å². The van der Waals surface area contributed by atoms with Gasteiger partial charge in [0.2, 0.25) is 0 Å². The van der Waals surface area contributed by atoms with Gasteiger partial charge in [0, 0.05) is 7.11 Å². The number of amides is 1. The highest BCUT2D eigenvalue weighted by atomic mass is 16.6. The predicted octanol–water partition coefficient (Wildman–Crippen LogP) is 1.92. The summed E-state index contributed by atoms with van der Waals surface area (Å²) in [7, 11) is 1.62. The van der Waals surface area contributed by atoms with Gasteiger partial charge in [0.05, 0.1) is 31.2 Å². The van der Waals surface area contributed by atoms with Crippen LogP contribution < -0.4 is 0 Å². The number of hydrogen-bond donors (Lipinski definition) is 0. The molecule has 0 radical (unpaired) electrons. The van der Waals surface area contributed by atoms with Crippen LogP contribution in [0.3, 0.4) is 0 Å². The molecule has 96 valence electrons. The van der Waals surface area contributed by atoms with E-state index < -0.39 is 5.60 Å². The van der Waals surface area contributed by atoms with Crippen molar-refractivity contribution >= 4 is 6.09 Å². The molecule has 5 heteroatoms. The molecule has 1 rings (SSSR count). The maximum absolute atomic E-state index is 11.9. The summed E-state index contributed by atoms with van der Waals surface area (Å²) in [6.07, 6.45) is 0.653. The lowest BCUT2D eigenvalue weighted by molar-refractivity contribution is 0.0199. The first-order chi connectivity index (χ1) is 7.87. The molecule has 0 spiro atoms. The van der Waals surface area contributed by atoms with Gasteiger partial charge in [-0.15, -0.1) is 0 Å². The molecule has 1 aliphatic heterocycles. The van der Waals surface area contributed by atoms with Crippen molar-refractivity contribution in [1.82, 2.24) is 4.90 Å². The molecule has 1 heterocycles. The van der Waals surface area contributed by atoms with Crippen LogP contribution in [-0.2, 0) is 9.47 Å². The van der Waals surface area contributed by atoms with E-state index in [2.05, 4.69) is 6.07 Å². The first-order valence-corrected chi connectivity index (χ1v) is 5.76. The number of rotatable bonds is 2. The highest BCUT2D eigenvalue weighted by Crippen LogP contribution is 2.24. The molecule has 0 aromatic rings. The van der Waals surface area contributed by atoms with Gasteiger partial charge >= 0.3 is 6.09 Å². The number of nitrogens with zero attached hydrogens (tertiary/aromatic N) is 2. The average molecular weight is 240 g/mol. The Morgan fingerprint density at radius 1 is 1.53 bits per heavy atom. The lowest BCUT2D eigenvalue weighted by Crippen LogP contribution is -2.40. The molecule has 0 aromatic carbocycles. The summed E-state index contributed by atoms with van der Waals surface area (Å²) in [5.74, 6) is 0. The van der Waals surface area contributed by atoms with Crippen LogP contribution in [0.5, 0.6) is 0 Å². The average Bonchev–Trinajstić information content (AvgIpc) is 2.59. The van der Waals surface area contributed by atoms with Crippen molar-refractivity contribution in [2.75, 3.05) is 13.7 Å². The molecular weight excluding hydrogens is 220 g/mol. The number of carbonyl (C=O) groups is 1. The van der Waals surface area contributed by atoms with Gasteiger partial charge in [-0.05, 0) is 27.2 Å². The molecule has 0 N–H and O–H groups in total. The van der Waals surface area contributed by atoms with E-state index in [1.165, 1.54) is 0 Å². The first kappa shape index (κ1) is 13.8. The normalized spacial score (nSPS) is 24.5. The van der Waals surface area contributed by atoms with Crippen molar-refractivity contribution in [2.45, 2.75) is 51.4 Å².